The lowest BCUT2D eigenvalue weighted by atomic mass is 9.89. The van der Waals surface area contributed by atoms with Crippen molar-refractivity contribution in [3.8, 4) is 0 Å². The van der Waals surface area contributed by atoms with Crippen molar-refractivity contribution in [1.29, 1.82) is 0 Å². The van der Waals surface area contributed by atoms with Gasteiger partial charge in [-0.05, 0) is 71.3 Å². The second-order valence-corrected chi connectivity index (χ2v) is 8.62. The number of aliphatic hydroxyl groups excluding tert-OH is 1. The van der Waals surface area contributed by atoms with Crippen molar-refractivity contribution in [1.82, 2.24) is 0 Å². The van der Waals surface area contributed by atoms with E-state index in [9.17, 15) is 5.11 Å². The van der Waals surface area contributed by atoms with Crippen LogP contribution >= 0.6 is 15.9 Å². The number of rotatable bonds is 10. The zero-order valence-electron chi connectivity index (χ0n) is 16.3. The summed E-state index contributed by atoms with van der Waals surface area (Å²) in [7, 11) is 0. The minimum Gasteiger partial charge on any atom is -0.469 e. The molecule has 1 aromatic carbocycles. The summed E-state index contributed by atoms with van der Waals surface area (Å²) in [5.74, 6) is 1.69. The zero-order valence-corrected chi connectivity index (χ0v) is 17.9. The van der Waals surface area contributed by atoms with Gasteiger partial charge in [-0.3, -0.25) is 0 Å². The molecule has 0 bridgehead atoms. The molecule has 1 aliphatic rings. The first-order chi connectivity index (χ1) is 13.2. The highest BCUT2D eigenvalue weighted by molar-refractivity contribution is 9.11. The molecule has 1 aromatic heterocycles. The lowest BCUT2D eigenvalue weighted by Crippen LogP contribution is -2.02. The summed E-state index contributed by atoms with van der Waals surface area (Å²) in [6.45, 7) is 2.19. The van der Waals surface area contributed by atoms with Crippen molar-refractivity contribution in [3.05, 3.63) is 64.0 Å². The molecule has 1 unspecified atom stereocenters. The van der Waals surface area contributed by atoms with Gasteiger partial charge in [0, 0.05) is 6.42 Å². The SMILES string of the molecule is CCCCCC(O)c1ccc(C2=C(Br)CC[C@@H]2CCCc2ccco2)cc1. The van der Waals surface area contributed by atoms with Gasteiger partial charge in [0.2, 0.25) is 0 Å². The van der Waals surface area contributed by atoms with Crippen LogP contribution in [0.5, 0.6) is 0 Å². The summed E-state index contributed by atoms with van der Waals surface area (Å²) in [5.41, 5.74) is 3.80. The molecule has 0 amide bonds. The molecule has 0 radical (unpaired) electrons. The van der Waals surface area contributed by atoms with Crippen LogP contribution in [0.4, 0.5) is 0 Å². The predicted molar refractivity (Wildman–Crippen MR) is 116 cm³/mol. The van der Waals surface area contributed by atoms with Crippen LogP contribution in [0.1, 0.15) is 81.3 Å². The van der Waals surface area contributed by atoms with E-state index in [1.807, 2.05) is 6.07 Å². The Hall–Kier alpha value is -1.32. The summed E-state index contributed by atoms with van der Waals surface area (Å²) in [6.07, 6.45) is 11.4. The van der Waals surface area contributed by atoms with Crippen molar-refractivity contribution >= 4 is 21.5 Å². The van der Waals surface area contributed by atoms with Gasteiger partial charge >= 0.3 is 0 Å². The third kappa shape index (κ3) is 5.58. The summed E-state index contributed by atoms with van der Waals surface area (Å²) >= 11 is 3.81. The van der Waals surface area contributed by atoms with Gasteiger partial charge in [-0.25, -0.2) is 0 Å². The first-order valence-corrected chi connectivity index (χ1v) is 11.2. The van der Waals surface area contributed by atoms with Gasteiger partial charge < -0.3 is 9.52 Å². The Kier molecular flexibility index (Phi) is 7.78. The Morgan fingerprint density at radius 3 is 2.67 bits per heavy atom. The zero-order chi connectivity index (χ0) is 19.1. The fourth-order valence-corrected chi connectivity index (χ4v) is 4.88. The van der Waals surface area contributed by atoms with E-state index in [1.165, 1.54) is 41.3 Å². The predicted octanol–water partition coefficient (Wildman–Crippen LogP) is 7.43. The van der Waals surface area contributed by atoms with Gasteiger partial charge in [0.1, 0.15) is 5.76 Å². The molecule has 2 atom stereocenters. The van der Waals surface area contributed by atoms with E-state index in [4.69, 9.17) is 4.42 Å². The van der Waals surface area contributed by atoms with E-state index in [1.54, 1.807) is 6.26 Å². The van der Waals surface area contributed by atoms with Crippen LogP contribution in [0.3, 0.4) is 0 Å². The summed E-state index contributed by atoms with van der Waals surface area (Å²) in [5, 5.41) is 10.4. The Bertz CT molecular complexity index is 715. The Morgan fingerprint density at radius 2 is 1.96 bits per heavy atom. The summed E-state index contributed by atoms with van der Waals surface area (Å²) < 4.78 is 6.81. The number of hydrogen-bond donors (Lipinski definition) is 1. The van der Waals surface area contributed by atoms with Crippen molar-refractivity contribution in [2.45, 2.75) is 70.8 Å². The number of allylic oxidation sites excluding steroid dienone is 2. The fraction of sp³-hybridized carbons (Fsp3) is 0.500. The van der Waals surface area contributed by atoms with E-state index < -0.39 is 0 Å². The number of hydrogen-bond acceptors (Lipinski definition) is 2. The van der Waals surface area contributed by atoms with Crippen molar-refractivity contribution < 1.29 is 9.52 Å². The molecule has 27 heavy (non-hydrogen) atoms. The Morgan fingerprint density at radius 1 is 1.15 bits per heavy atom. The van der Waals surface area contributed by atoms with Crippen molar-refractivity contribution in [2.24, 2.45) is 5.92 Å². The lowest BCUT2D eigenvalue weighted by Gasteiger charge is -2.17. The first kappa shape index (κ1) is 20.4. The minimum atomic E-state index is -0.337. The van der Waals surface area contributed by atoms with Gasteiger partial charge in [0.05, 0.1) is 12.4 Å². The molecule has 146 valence electrons. The molecule has 3 rings (SSSR count). The van der Waals surface area contributed by atoms with E-state index in [0.29, 0.717) is 5.92 Å². The number of benzene rings is 1. The molecule has 1 aliphatic carbocycles. The quantitative estimate of drug-likeness (QED) is 0.397. The van der Waals surface area contributed by atoms with Gasteiger partial charge in [-0.1, -0.05) is 66.4 Å². The van der Waals surface area contributed by atoms with Crippen LogP contribution in [0.2, 0.25) is 0 Å². The number of halogens is 1. The molecule has 1 heterocycles. The molecule has 0 fully saturated rings. The first-order valence-electron chi connectivity index (χ1n) is 10.4. The van der Waals surface area contributed by atoms with Crippen LogP contribution in [0.15, 0.2) is 51.6 Å². The number of aliphatic hydroxyl groups is 1. The topological polar surface area (TPSA) is 33.4 Å². The number of unbranched alkanes of at least 4 members (excludes halogenated alkanes) is 2. The van der Waals surface area contributed by atoms with E-state index in [-0.39, 0.29) is 6.10 Å². The Balaban J connectivity index is 1.60. The fourth-order valence-electron chi connectivity index (χ4n) is 4.10. The van der Waals surface area contributed by atoms with Crippen LogP contribution in [0, 0.1) is 5.92 Å². The standard InChI is InChI=1S/C24H31BrO2/c1-2-3-4-10-23(26)18-11-13-20(14-12-18)24-19(15-16-22(24)25)7-5-8-21-9-6-17-27-21/h6,9,11-14,17,19,23,26H,2-5,7-8,10,15-16H2,1H3/t19-,23?/m0/s1. The molecular weight excluding hydrogens is 400 g/mol. The highest BCUT2D eigenvalue weighted by atomic mass is 79.9. The van der Waals surface area contributed by atoms with Crippen molar-refractivity contribution in [3.63, 3.8) is 0 Å². The maximum absolute atomic E-state index is 10.4. The number of aryl methyl sites for hydroxylation is 1. The summed E-state index contributed by atoms with van der Waals surface area (Å²) in [6, 6.07) is 12.6. The van der Waals surface area contributed by atoms with Gasteiger partial charge in [-0.2, -0.15) is 0 Å². The minimum absolute atomic E-state index is 0.337. The van der Waals surface area contributed by atoms with E-state index in [2.05, 4.69) is 53.2 Å². The lowest BCUT2D eigenvalue weighted by molar-refractivity contribution is 0.163. The average Bonchev–Trinajstić information content (AvgIpc) is 3.32. The maximum atomic E-state index is 10.4. The van der Waals surface area contributed by atoms with E-state index in [0.717, 1.165) is 43.4 Å². The summed E-state index contributed by atoms with van der Waals surface area (Å²) in [4.78, 5) is 0. The van der Waals surface area contributed by atoms with Crippen LogP contribution < -0.4 is 0 Å². The largest absolute Gasteiger partial charge is 0.469 e. The Labute approximate surface area is 171 Å². The van der Waals surface area contributed by atoms with Gasteiger partial charge in [0.25, 0.3) is 0 Å². The van der Waals surface area contributed by atoms with Crippen LogP contribution in [-0.2, 0) is 6.42 Å². The third-order valence-electron chi connectivity index (χ3n) is 5.66. The second-order valence-electron chi connectivity index (χ2n) is 7.66. The molecule has 2 aromatic rings. The smallest absolute Gasteiger partial charge is 0.103 e. The highest BCUT2D eigenvalue weighted by Gasteiger charge is 2.25. The maximum Gasteiger partial charge on any atom is 0.103 e. The van der Waals surface area contributed by atoms with Gasteiger partial charge in [-0.15, -0.1) is 0 Å². The molecule has 0 saturated carbocycles. The normalized spacial score (nSPS) is 18.3. The monoisotopic (exact) mass is 430 g/mol. The van der Waals surface area contributed by atoms with Crippen LogP contribution in [0.25, 0.3) is 5.57 Å². The molecule has 3 heteroatoms. The van der Waals surface area contributed by atoms with Crippen LogP contribution in [-0.4, -0.2) is 5.11 Å². The molecule has 0 aliphatic heterocycles. The van der Waals surface area contributed by atoms with E-state index >= 15 is 0 Å². The molecule has 2 nitrogen and oxygen atoms in total. The molecule has 1 N–H and O–H groups in total. The highest BCUT2D eigenvalue weighted by Crippen LogP contribution is 2.44. The molecule has 0 spiro atoms. The van der Waals surface area contributed by atoms with Gasteiger partial charge in [0.15, 0.2) is 0 Å². The average molecular weight is 431 g/mol. The number of furan rings is 1. The molecule has 0 saturated heterocycles. The second kappa shape index (κ2) is 10.3. The van der Waals surface area contributed by atoms with Crippen molar-refractivity contribution in [2.75, 3.05) is 0 Å². The third-order valence-corrected chi connectivity index (χ3v) is 6.48. The molecular formula is C24H31BrO2.